The lowest BCUT2D eigenvalue weighted by molar-refractivity contribution is 0.102. The lowest BCUT2D eigenvalue weighted by Gasteiger charge is -2.29. The average Bonchev–Trinajstić information content (AvgIpc) is 3.11. The molecule has 0 bridgehead atoms. The molecule has 118 valence electrons. The number of amides is 1. The van der Waals surface area contributed by atoms with Crippen LogP contribution in [0.1, 0.15) is 35.9 Å². The van der Waals surface area contributed by atoms with E-state index in [-0.39, 0.29) is 5.91 Å². The van der Waals surface area contributed by atoms with Gasteiger partial charge in [0, 0.05) is 18.1 Å². The van der Waals surface area contributed by atoms with Crippen molar-refractivity contribution in [2.24, 2.45) is 5.92 Å². The molecular formula is C15H19ClN4OS. The van der Waals surface area contributed by atoms with Gasteiger partial charge in [-0.15, -0.1) is 11.3 Å². The first-order chi connectivity index (χ1) is 10.6. The zero-order valence-corrected chi connectivity index (χ0v) is 14.0. The van der Waals surface area contributed by atoms with Gasteiger partial charge in [0.05, 0.1) is 10.7 Å². The van der Waals surface area contributed by atoms with Crippen molar-refractivity contribution in [3.63, 3.8) is 0 Å². The number of thiazole rings is 1. The number of carbonyl (C=O) groups excluding carboxylic acids is 1. The highest BCUT2D eigenvalue weighted by Gasteiger charge is 2.17. The molecule has 0 atom stereocenters. The summed E-state index contributed by atoms with van der Waals surface area (Å²) in [5.41, 5.74) is 1.45. The summed E-state index contributed by atoms with van der Waals surface area (Å²) in [5, 5.41) is 5.94. The highest BCUT2D eigenvalue weighted by atomic mass is 35.5. The molecule has 2 aromatic heterocycles. The normalized spacial score (nSPS) is 16.8. The van der Waals surface area contributed by atoms with E-state index in [1.54, 1.807) is 12.3 Å². The molecule has 2 aromatic rings. The summed E-state index contributed by atoms with van der Waals surface area (Å²) < 4.78 is 0. The number of anilines is 1. The molecule has 0 unspecified atom stereocenters. The second kappa shape index (κ2) is 6.81. The Morgan fingerprint density at radius 1 is 1.55 bits per heavy atom. The molecule has 0 spiro atoms. The topological polar surface area (TPSA) is 61.0 Å². The van der Waals surface area contributed by atoms with E-state index in [0.29, 0.717) is 15.8 Å². The first kappa shape index (κ1) is 15.5. The highest BCUT2D eigenvalue weighted by Crippen LogP contribution is 2.21. The van der Waals surface area contributed by atoms with E-state index in [4.69, 9.17) is 11.6 Å². The number of hydrogen-bond acceptors (Lipinski definition) is 4. The van der Waals surface area contributed by atoms with Crippen LogP contribution in [0.15, 0.2) is 17.6 Å². The number of hydrogen-bond donors (Lipinski definition) is 2. The number of piperidine rings is 1. The van der Waals surface area contributed by atoms with Crippen molar-refractivity contribution >= 4 is 34.0 Å². The van der Waals surface area contributed by atoms with E-state index in [9.17, 15) is 4.79 Å². The maximum Gasteiger partial charge on any atom is 0.273 e. The minimum atomic E-state index is -0.223. The fourth-order valence-corrected chi connectivity index (χ4v) is 3.41. The largest absolute Gasteiger partial charge is 0.356 e. The lowest BCUT2D eigenvalue weighted by atomic mass is 9.99. The Kier molecular flexibility index (Phi) is 4.81. The van der Waals surface area contributed by atoms with Gasteiger partial charge in [-0.2, -0.15) is 0 Å². The third kappa shape index (κ3) is 3.88. The Hall–Kier alpha value is -1.37. The summed E-state index contributed by atoms with van der Waals surface area (Å²) in [5.74, 6) is 0.605. The van der Waals surface area contributed by atoms with Gasteiger partial charge in [0.1, 0.15) is 5.69 Å². The minimum absolute atomic E-state index is 0.223. The van der Waals surface area contributed by atoms with Crippen molar-refractivity contribution in [3.8, 4) is 0 Å². The van der Waals surface area contributed by atoms with Crippen molar-refractivity contribution in [2.45, 2.75) is 26.3 Å². The molecule has 1 aliphatic heterocycles. The average molecular weight is 339 g/mol. The van der Waals surface area contributed by atoms with Crippen LogP contribution in [0.5, 0.6) is 0 Å². The highest BCUT2D eigenvalue weighted by molar-refractivity contribution is 7.13. The fraction of sp³-hybridized carbons (Fsp3) is 0.467. The van der Waals surface area contributed by atoms with Crippen LogP contribution in [0.3, 0.4) is 0 Å². The molecule has 0 aromatic carbocycles. The van der Waals surface area contributed by atoms with Crippen LogP contribution in [0.4, 0.5) is 5.13 Å². The molecule has 0 aliphatic carbocycles. The van der Waals surface area contributed by atoms with Crippen LogP contribution in [0, 0.1) is 5.92 Å². The van der Waals surface area contributed by atoms with Gasteiger partial charge in [-0.25, -0.2) is 4.98 Å². The molecule has 1 fully saturated rings. The van der Waals surface area contributed by atoms with Crippen molar-refractivity contribution in [2.75, 3.05) is 18.4 Å². The summed E-state index contributed by atoms with van der Waals surface area (Å²) in [4.78, 5) is 21.8. The number of nitrogens with zero attached hydrogens (tertiary/aromatic N) is 2. The molecule has 2 N–H and O–H groups in total. The van der Waals surface area contributed by atoms with Crippen LogP contribution in [0.2, 0.25) is 5.02 Å². The quantitative estimate of drug-likeness (QED) is 0.895. The van der Waals surface area contributed by atoms with E-state index in [1.165, 1.54) is 24.2 Å². The Labute approximate surface area is 138 Å². The third-order valence-corrected chi connectivity index (χ3v) is 4.95. The van der Waals surface area contributed by atoms with Gasteiger partial charge in [-0.1, -0.05) is 18.5 Å². The number of carbonyl (C=O) groups is 1. The third-order valence-electron chi connectivity index (χ3n) is 3.93. The number of halogens is 1. The molecule has 1 amide bonds. The number of nitrogens with one attached hydrogen (secondary N) is 2. The molecule has 7 heteroatoms. The summed E-state index contributed by atoms with van der Waals surface area (Å²) in [6.07, 6.45) is 4.09. The molecular weight excluding hydrogens is 320 g/mol. The minimum Gasteiger partial charge on any atom is -0.356 e. The summed E-state index contributed by atoms with van der Waals surface area (Å²) >= 11 is 7.25. The first-order valence-electron chi connectivity index (χ1n) is 7.42. The van der Waals surface area contributed by atoms with Gasteiger partial charge in [-0.3, -0.25) is 15.0 Å². The van der Waals surface area contributed by atoms with Crippen molar-refractivity contribution in [3.05, 3.63) is 34.1 Å². The lowest BCUT2D eigenvalue weighted by Crippen LogP contribution is -2.32. The Bertz CT molecular complexity index is 646. The molecule has 5 nitrogen and oxygen atoms in total. The zero-order valence-electron chi connectivity index (χ0n) is 12.4. The number of rotatable bonds is 4. The maximum absolute atomic E-state index is 12.0. The van der Waals surface area contributed by atoms with E-state index in [1.807, 2.05) is 5.38 Å². The van der Waals surface area contributed by atoms with Gasteiger partial charge >= 0.3 is 0 Å². The SMILES string of the molecule is CC1CCN(Cc2csc(NC(=O)c3cc(Cl)c[nH]3)n2)CC1. The standard InChI is InChI=1S/C15H19ClN4OS/c1-10-2-4-20(5-3-10)8-12-9-22-15(18-12)19-14(21)13-6-11(16)7-17-13/h6-7,9-10,17H,2-5,8H2,1H3,(H,18,19,21). The summed E-state index contributed by atoms with van der Waals surface area (Å²) in [7, 11) is 0. The molecule has 0 radical (unpaired) electrons. The van der Waals surface area contributed by atoms with E-state index in [2.05, 4.69) is 27.1 Å². The van der Waals surface area contributed by atoms with Crippen molar-refractivity contribution in [1.82, 2.24) is 14.9 Å². The van der Waals surface area contributed by atoms with Crippen LogP contribution in [0.25, 0.3) is 0 Å². The second-order valence-electron chi connectivity index (χ2n) is 5.79. The van der Waals surface area contributed by atoms with Gasteiger partial charge in [0.25, 0.3) is 5.91 Å². The van der Waals surface area contributed by atoms with Crippen LogP contribution in [-0.2, 0) is 6.54 Å². The number of aromatic nitrogens is 2. The van der Waals surface area contributed by atoms with Crippen LogP contribution < -0.4 is 5.32 Å². The van der Waals surface area contributed by atoms with E-state index in [0.717, 1.165) is 31.2 Å². The zero-order chi connectivity index (χ0) is 15.5. The van der Waals surface area contributed by atoms with Crippen LogP contribution >= 0.6 is 22.9 Å². The van der Waals surface area contributed by atoms with Gasteiger partial charge in [-0.05, 0) is 37.9 Å². The van der Waals surface area contributed by atoms with Crippen molar-refractivity contribution in [1.29, 1.82) is 0 Å². The van der Waals surface area contributed by atoms with Crippen molar-refractivity contribution < 1.29 is 4.79 Å². The summed E-state index contributed by atoms with van der Waals surface area (Å²) in [6, 6.07) is 1.60. The van der Waals surface area contributed by atoms with E-state index >= 15 is 0 Å². The number of H-pyrrole nitrogens is 1. The van der Waals surface area contributed by atoms with Gasteiger partial charge in [0.2, 0.25) is 0 Å². The maximum atomic E-state index is 12.0. The van der Waals surface area contributed by atoms with Gasteiger partial charge < -0.3 is 4.98 Å². The first-order valence-corrected chi connectivity index (χ1v) is 8.68. The number of likely N-dealkylation sites (tertiary alicyclic amines) is 1. The van der Waals surface area contributed by atoms with Gasteiger partial charge in [0.15, 0.2) is 5.13 Å². The molecule has 3 heterocycles. The predicted molar refractivity (Wildman–Crippen MR) is 89.5 cm³/mol. The van der Waals surface area contributed by atoms with E-state index < -0.39 is 0 Å². The summed E-state index contributed by atoms with van der Waals surface area (Å²) in [6.45, 7) is 5.41. The molecule has 1 saturated heterocycles. The monoisotopic (exact) mass is 338 g/mol. The van der Waals surface area contributed by atoms with Crippen LogP contribution in [-0.4, -0.2) is 33.9 Å². The molecule has 0 saturated carbocycles. The Morgan fingerprint density at radius 3 is 3.00 bits per heavy atom. The number of aromatic amines is 1. The Balaban J connectivity index is 1.56. The smallest absolute Gasteiger partial charge is 0.273 e. The predicted octanol–water partition coefficient (Wildman–Crippen LogP) is 3.61. The molecule has 1 aliphatic rings. The molecule has 22 heavy (non-hydrogen) atoms. The Morgan fingerprint density at radius 2 is 2.32 bits per heavy atom. The molecule has 3 rings (SSSR count). The fourth-order valence-electron chi connectivity index (χ4n) is 2.55. The second-order valence-corrected chi connectivity index (χ2v) is 7.08.